The second-order valence-electron chi connectivity index (χ2n) is 12.2. The van der Waals surface area contributed by atoms with Crippen LogP contribution in [0.1, 0.15) is 117 Å². The lowest BCUT2D eigenvalue weighted by molar-refractivity contribution is -0.142. The zero-order valence-corrected chi connectivity index (χ0v) is 28.3. The molecule has 240 valence electrons. The van der Waals surface area contributed by atoms with E-state index < -0.39 is 0 Å². The molecule has 0 aromatic heterocycles. The van der Waals surface area contributed by atoms with E-state index in [9.17, 15) is 9.59 Å². The Kier molecular flexibility index (Phi) is 26.9. The first kappa shape index (κ1) is 41.5. The average molecular weight is 586 g/mol. The van der Waals surface area contributed by atoms with Gasteiger partial charge in [-0.15, -0.1) is 0 Å². The van der Waals surface area contributed by atoms with E-state index in [0.717, 1.165) is 13.0 Å². The summed E-state index contributed by atoms with van der Waals surface area (Å²) in [5, 5.41) is 0. The fourth-order valence-electron chi connectivity index (χ4n) is 4.11. The van der Waals surface area contributed by atoms with E-state index in [2.05, 4.69) is 45.4 Å². The Morgan fingerprint density at radius 3 is 1.57 bits per heavy atom. The third-order valence-corrected chi connectivity index (χ3v) is 6.30. The average Bonchev–Trinajstić information content (AvgIpc) is 2.94. The van der Waals surface area contributed by atoms with Crippen molar-refractivity contribution < 1.29 is 19.1 Å². The molecule has 5 heteroatoms. The number of rotatable bonds is 20. The minimum Gasteiger partial charge on any atom is -0.462 e. The van der Waals surface area contributed by atoms with Crippen molar-refractivity contribution in [2.24, 2.45) is 5.41 Å². The Morgan fingerprint density at radius 1 is 0.762 bits per heavy atom. The Hall–Kier alpha value is -2.66. The molecule has 0 N–H and O–H groups in total. The molecule has 0 bridgehead atoms. The third-order valence-electron chi connectivity index (χ3n) is 6.30. The topological polar surface area (TPSA) is 55.8 Å². The Labute approximate surface area is 259 Å². The predicted molar refractivity (Wildman–Crippen MR) is 181 cm³/mol. The van der Waals surface area contributed by atoms with Crippen LogP contribution < -0.4 is 0 Å². The lowest BCUT2D eigenvalue weighted by Gasteiger charge is -2.27. The molecular formula is C37H63NO4. The first-order valence-electron chi connectivity index (χ1n) is 15.8. The molecule has 42 heavy (non-hydrogen) atoms. The number of ether oxygens (including phenoxy) is 2. The summed E-state index contributed by atoms with van der Waals surface area (Å²) in [6.45, 7) is 22.3. The van der Waals surface area contributed by atoms with Gasteiger partial charge in [0.05, 0.1) is 13.2 Å². The van der Waals surface area contributed by atoms with Gasteiger partial charge in [0.15, 0.2) is 0 Å². The molecule has 1 rings (SSSR count). The lowest BCUT2D eigenvalue weighted by atomic mass is 9.94. The fourth-order valence-corrected chi connectivity index (χ4v) is 4.11. The van der Waals surface area contributed by atoms with Gasteiger partial charge in [0.2, 0.25) is 0 Å². The fraction of sp³-hybridized carbons (Fsp3) is 0.622. The third kappa shape index (κ3) is 28.9. The maximum atomic E-state index is 11.1. The van der Waals surface area contributed by atoms with Crippen LogP contribution in [0.3, 0.4) is 0 Å². The molecule has 0 saturated carbocycles. The number of hydrogen-bond acceptors (Lipinski definition) is 5. The van der Waals surface area contributed by atoms with E-state index in [-0.39, 0.29) is 17.4 Å². The van der Waals surface area contributed by atoms with Crippen molar-refractivity contribution in [3.8, 4) is 0 Å². The highest BCUT2D eigenvalue weighted by Gasteiger charge is 2.21. The summed E-state index contributed by atoms with van der Waals surface area (Å²) in [5.41, 5.74) is 2.09. The van der Waals surface area contributed by atoms with Gasteiger partial charge in [-0.1, -0.05) is 148 Å². The van der Waals surface area contributed by atoms with Gasteiger partial charge in [-0.05, 0) is 39.9 Å². The van der Waals surface area contributed by atoms with Crippen LogP contribution in [0.2, 0.25) is 0 Å². The number of unbranched alkanes of at least 4 members (excludes halogenated alkanes) is 11. The molecule has 1 aromatic carbocycles. The zero-order chi connectivity index (χ0) is 32.2. The van der Waals surface area contributed by atoms with Crippen molar-refractivity contribution in [3.63, 3.8) is 0 Å². The molecule has 1 aromatic rings. The van der Waals surface area contributed by atoms with Gasteiger partial charge in [0, 0.05) is 23.1 Å². The van der Waals surface area contributed by atoms with E-state index in [1.54, 1.807) is 13.8 Å². The van der Waals surface area contributed by atoms with Crippen molar-refractivity contribution in [1.29, 1.82) is 0 Å². The van der Waals surface area contributed by atoms with Gasteiger partial charge in [-0.2, -0.15) is 0 Å². The Balaban J connectivity index is 0. The van der Waals surface area contributed by atoms with Crippen LogP contribution in [0.4, 0.5) is 0 Å². The highest BCUT2D eigenvalue weighted by molar-refractivity contribution is 5.87. The van der Waals surface area contributed by atoms with Crippen LogP contribution in [-0.2, 0) is 19.1 Å². The number of hydrogen-bond donors (Lipinski definition) is 0. The van der Waals surface area contributed by atoms with Gasteiger partial charge in [0.1, 0.15) is 0 Å². The minimum absolute atomic E-state index is 0.0192. The normalized spacial score (nSPS) is 10.5. The second kappa shape index (κ2) is 27.2. The molecule has 0 aliphatic rings. The molecule has 0 spiro atoms. The maximum absolute atomic E-state index is 11.1. The van der Waals surface area contributed by atoms with Crippen LogP contribution >= 0.6 is 0 Å². The lowest BCUT2D eigenvalue weighted by Crippen LogP contribution is -2.33. The van der Waals surface area contributed by atoms with Crippen molar-refractivity contribution >= 4 is 18.0 Å². The quantitative estimate of drug-likeness (QED) is 0.0866. The van der Waals surface area contributed by atoms with Crippen LogP contribution in [0.5, 0.6) is 0 Å². The Morgan fingerprint density at radius 2 is 1.19 bits per heavy atom. The standard InChI is InChI=1S/C18H34O2.C11H21NO2.C8H8/c1-4-5-6-7-8-9-10-11-12-13-14-15-16-20-18(19)17(2)3;1-9(2)10(13)14-8-11(3,4)7-12(5)6;1-2-8-6-4-3-5-7-8/h2,4-16H2,1,3H3;1,7-8H2,2-6H3;2-7H,1H2. The van der Waals surface area contributed by atoms with Gasteiger partial charge in [-0.3, -0.25) is 0 Å². The van der Waals surface area contributed by atoms with Crippen LogP contribution in [0, 0.1) is 5.41 Å². The number of benzene rings is 1. The largest absolute Gasteiger partial charge is 0.462 e. The summed E-state index contributed by atoms with van der Waals surface area (Å²) < 4.78 is 10.2. The van der Waals surface area contributed by atoms with Crippen molar-refractivity contribution in [2.45, 2.75) is 112 Å². The van der Waals surface area contributed by atoms with Gasteiger partial charge in [-0.25, -0.2) is 9.59 Å². The number of carbonyl (C=O) groups is 2. The SMILES string of the molecule is C=C(C)C(=O)OCC(C)(C)CN(C)C.C=C(C)C(=O)OCCCCCCCCCCCCCC.C=Cc1ccccc1. The van der Waals surface area contributed by atoms with E-state index in [4.69, 9.17) is 9.47 Å². The molecule has 0 atom stereocenters. The van der Waals surface area contributed by atoms with Crippen molar-refractivity contribution in [3.05, 3.63) is 66.8 Å². The number of esters is 2. The number of nitrogens with zero attached hydrogens (tertiary/aromatic N) is 1. The molecular weight excluding hydrogens is 522 g/mol. The maximum Gasteiger partial charge on any atom is 0.333 e. The van der Waals surface area contributed by atoms with E-state index >= 15 is 0 Å². The van der Waals surface area contributed by atoms with Crippen LogP contribution in [0.15, 0.2) is 61.2 Å². The molecule has 0 unspecified atom stereocenters. The minimum atomic E-state index is -0.308. The van der Waals surface area contributed by atoms with E-state index in [1.165, 1.54) is 76.2 Å². The highest BCUT2D eigenvalue weighted by Crippen LogP contribution is 2.17. The molecule has 5 nitrogen and oxygen atoms in total. The molecule has 0 aliphatic heterocycles. The van der Waals surface area contributed by atoms with Gasteiger partial charge >= 0.3 is 11.9 Å². The van der Waals surface area contributed by atoms with Gasteiger partial charge in [0.25, 0.3) is 0 Å². The molecule has 0 radical (unpaired) electrons. The summed E-state index contributed by atoms with van der Waals surface area (Å²) in [4.78, 5) is 24.3. The van der Waals surface area contributed by atoms with E-state index in [0.29, 0.717) is 24.4 Å². The smallest absolute Gasteiger partial charge is 0.333 e. The molecule has 0 fully saturated rings. The molecule has 0 amide bonds. The predicted octanol–water partition coefficient (Wildman–Crippen LogP) is 9.83. The van der Waals surface area contributed by atoms with Crippen LogP contribution in [-0.4, -0.2) is 50.7 Å². The zero-order valence-electron chi connectivity index (χ0n) is 28.3. The summed E-state index contributed by atoms with van der Waals surface area (Å²) in [5.74, 6) is -0.565. The second-order valence-corrected chi connectivity index (χ2v) is 12.2. The van der Waals surface area contributed by atoms with Crippen molar-refractivity contribution in [1.82, 2.24) is 4.90 Å². The van der Waals surface area contributed by atoms with Crippen molar-refractivity contribution in [2.75, 3.05) is 33.9 Å². The van der Waals surface area contributed by atoms with Gasteiger partial charge < -0.3 is 14.4 Å². The monoisotopic (exact) mass is 585 g/mol. The summed E-state index contributed by atoms with van der Waals surface area (Å²) in [7, 11) is 4.00. The highest BCUT2D eigenvalue weighted by atomic mass is 16.5. The first-order chi connectivity index (χ1) is 19.9. The van der Waals surface area contributed by atoms with Crippen LogP contribution in [0.25, 0.3) is 6.08 Å². The van der Waals surface area contributed by atoms with E-state index in [1.807, 2.05) is 50.5 Å². The number of carbonyl (C=O) groups excluding carboxylic acids is 2. The summed E-state index contributed by atoms with van der Waals surface area (Å²) in [6, 6.07) is 10.0. The molecule has 0 saturated heterocycles. The summed E-state index contributed by atoms with van der Waals surface area (Å²) in [6.07, 6.45) is 17.7. The first-order valence-corrected chi connectivity index (χ1v) is 15.8. The Bertz CT molecular complexity index is 858. The molecule has 0 heterocycles. The molecule has 0 aliphatic carbocycles. The summed E-state index contributed by atoms with van der Waals surface area (Å²) >= 11 is 0.